The Morgan fingerprint density at radius 2 is 1.63 bits per heavy atom. The first-order valence-corrected chi connectivity index (χ1v) is 13.4. The Labute approximate surface area is 223 Å². The molecular formula is C29H35N7O2. The summed E-state index contributed by atoms with van der Waals surface area (Å²) < 4.78 is 14.1. The molecule has 2 fully saturated rings. The normalized spacial score (nSPS) is 18.4. The summed E-state index contributed by atoms with van der Waals surface area (Å²) in [6.07, 6.45) is 1.08. The standard InChI is InChI=1S/C29H35N7O2/c1-19-21(3)36-22(4)28(20(2)31-29(36)30-19)38-26-11-12-35(18-26)25-8-5-23(6-9-25)27-10-7-24(32-33-27)17-34-13-15-37-16-14-34/h5-10,26H,11-18H2,1-4H3/t26-/m1/s1. The van der Waals surface area contributed by atoms with Crippen molar-refractivity contribution in [1.82, 2.24) is 29.5 Å². The number of imidazole rings is 1. The number of anilines is 1. The Morgan fingerprint density at radius 3 is 2.37 bits per heavy atom. The van der Waals surface area contributed by atoms with Crippen LogP contribution in [0.3, 0.4) is 0 Å². The summed E-state index contributed by atoms with van der Waals surface area (Å²) in [5.74, 6) is 1.61. The molecule has 0 N–H and O–H groups in total. The van der Waals surface area contributed by atoms with E-state index in [4.69, 9.17) is 14.5 Å². The van der Waals surface area contributed by atoms with Crippen LogP contribution < -0.4 is 9.64 Å². The third kappa shape index (κ3) is 4.83. The number of aromatic nitrogens is 5. The van der Waals surface area contributed by atoms with Gasteiger partial charge in [0.05, 0.1) is 48.2 Å². The maximum absolute atomic E-state index is 6.54. The van der Waals surface area contributed by atoms with Gasteiger partial charge < -0.3 is 14.4 Å². The van der Waals surface area contributed by atoms with Crippen molar-refractivity contribution < 1.29 is 9.47 Å². The van der Waals surface area contributed by atoms with Gasteiger partial charge in [0.1, 0.15) is 6.10 Å². The summed E-state index contributed by atoms with van der Waals surface area (Å²) in [7, 11) is 0. The van der Waals surface area contributed by atoms with Gasteiger partial charge in [0, 0.05) is 49.5 Å². The van der Waals surface area contributed by atoms with E-state index in [-0.39, 0.29) is 6.10 Å². The average Bonchev–Trinajstić information content (AvgIpc) is 3.51. The second kappa shape index (κ2) is 10.3. The van der Waals surface area contributed by atoms with Crippen LogP contribution in [0.15, 0.2) is 36.4 Å². The van der Waals surface area contributed by atoms with Crippen LogP contribution in [0.4, 0.5) is 5.69 Å². The van der Waals surface area contributed by atoms with Crippen LogP contribution in [0.25, 0.3) is 17.0 Å². The Balaban J connectivity index is 1.10. The maximum atomic E-state index is 6.54. The Kier molecular flexibility index (Phi) is 6.71. The van der Waals surface area contributed by atoms with E-state index in [1.807, 2.05) is 13.8 Å². The van der Waals surface area contributed by atoms with Gasteiger partial charge in [-0.2, -0.15) is 10.2 Å². The average molecular weight is 514 g/mol. The van der Waals surface area contributed by atoms with Crippen LogP contribution in [-0.2, 0) is 11.3 Å². The van der Waals surface area contributed by atoms with E-state index >= 15 is 0 Å². The highest BCUT2D eigenvalue weighted by atomic mass is 16.5. The zero-order valence-corrected chi connectivity index (χ0v) is 22.6. The first-order valence-electron chi connectivity index (χ1n) is 13.4. The first-order chi connectivity index (χ1) is 18.5. The summed E-state index contributed by atoms with van der Waals surface area (Å²) >= 11 is 0. The molecule has 0 aliphatic carbocycles. The molecule has 0 amide bonds. The summed E-state index contributed by atoms with van der Waals surface area (Å²) in [6.45, 7) is 14.3. The minimum atomic E-state index is 0.112. The zero-order valence-electron chi connectivity index (χ0n) is 22.6. The van der Waals surface area contributed by atoms with E-state index < -0.39 is 0 Å². The molecule has 198 valence electrons. The molecule has 0 unspecified atom stereocenters. The van der Waals surface area contributed by atoms with Crippen LogP contribution in [0, 0.1) is 27.7 Å². The number of aryl methyl sites for hydroxylation is 4. The molecule has 0 saturated carbocycles. The minimum Gasteiger partial charge on any atom is -0.485 e. The predicted molar refractivity (Wildman–Crippen MR) is 147 cm³/mol. The zero-order chi connectivity index (χ0) is 26.2. The largest absolute Gasteiger partial charge is 0.485 e. The van der Waals surface area contributed by atoms with Crippen molar-refractivity contribution >= 4 is 11.5 Å². The SMILES string of the molecule is Cc1nc2nc(C)c(C)n2c(C)c1O[C@@H]1CCN(c2ccc(-c3ccc(CN4CCOCC4)nn3)cc2)C1. The van der Waals surface area contributed by atoms with Gasteiger partial charge in [-0.1, -0.05) is 12.1 Å². The minimum absolute atomic E-state index is 0.112. The summed E-state index contributed by atoms with van der Waals surface area (Å²) in [5, 5.41) is 8.96. The lowest BCUT2D eigenvalue weighted by molar-refractivity contribution is 0.0335. The van der Waals surface area contributed by atoms with Crippen molar-refractivity contribution in [3.8, 4) is 17.0 Å². The number of hydrogen-bond acceptors (Lipinski definition) is 8. The van der Waals surface area contributed by atoms with Crippen LogP contribution in [0.1, 0.15) is 34.9 Å². The fourth-order valence-electron chi connectivity index (χ4n) is 5.46. The summed E-state index contributed by atoms with van der Waals surface area (Å²) in [5.41, 5.74) is 8.22. The lowest BCUT2D eigenvalue weighted by Crippen LogP contribution is -2.35. The molecule has 2 saturated heterocycles. The van der Waals surface area contributed by atoms with Gasteiger partial charge >= 0.3 is 0 Å². The molecule has 0 radical (unpaired) electrons. The maximum Gasteiger partial charge on any atom is 0.234 e. The van der Waals surface area contributed by atoms with E-state index in [1.54, 1.807) is 0 Å². The molecule has 0 bridgehead atoms. The second-order valence-electron chi connectivity index (χ2n) is 10.3. The van der Waals surface area contributed by atoms with Crippen molar-refractivity contribution in [3.63, 3.8) is 0 Å². The molecule has 1 atom stereocenters. The summed E-state index contributed by atoms with van der Waals surface area (Å²) in [4.78, 5) is 14.0. The van der Waals surface area contributed by atoms with Crippen LogP contribution in [0.5, 0.6) is 5.75 Å². The van der Waals surface area contributed by atoms with E-state index in [0.29, 0.717) is 0 Å². The molecule has 9 nitrogen and oxygen atoms in total. The fourth-order valence-corrected chi connectivity index (χ4v) is 5.46. The second-order valence-corrected chi connectivity index (χ2v) is 10.3. The fraction of sp³-hybridized carbons (Fsp3) is 0.448. The van der Waals surface area contributed by atoms with Gasteiger partial charge in [-0.25, -0.2) is 9.97 Å². The smallest absolute Gasteiger partial charge is 0.234 e. The number of benzene rings is 1. The number of nitrogens with zero attached hydrogens (tertiary/aromatic N) is 7. The number of fused-ring (bicyclic) bond motifs is 1. The number of rotatable bonds is 6. The predicted octanol–water partition coefficient (Wildman–Crippen LogP) is 3.91. The highest BCUT2D eigenvalue weighted by Gasteiger charge is 2.26. The molecular weight excluding hydrogens is 478 g/mol. The molecule has 6 rings (SSSR count). The Morgan fingerprint density at radius 1 is 0.868 bits per heavy atom. The number of hydrogen-bond donors (Lipinski definition) is 0. The van der Waals surface area contributed by atoms with Crippen molar-refractivity contribution in [2.75, 3.05) is 44.3 Å². The van der Waals surface area contributed by atoms with E-state index in [1.165, 1.54) is 5.69 Å². The third-order valence-corrected chi connectivity index (χ3v) is 7.75. The third-order valence-electron chi connectivity index (χ3n) is 7.75. The van der Waals surface area contributed by atoms with Gasteiger partial charge in [-0.05, 0) is 52.0 Å². The molecule has 38 heavy (non-hydrogen) atoms. The molecule has 0 spiro atoms. The van der Waals surface area contributed by atoms with Gasteiger partial charge in [0.25, 0.3) is 0 Å². The Hall–Kier alpha value is -3.56. The van der Waals surface area contributed by atoms with E-state index in [9.17, 15) is 0 Å². The van der Waals surface area contributed by atoms with Crippen molar-refractivity contribution in [2.45, 2.75) is 46.8 Å². The van der Waals surface area contributed by atoms with Crippen LogP contribution in [0.2, 0.25) is 0 Å². The highest BCUT2D eigenvalue weighted by molar-refractivity contribution is 5.63. The van der Waals surface area contributed by atoms with E-state index in [0.717, 1.165) is 104 Å². The lowest BCUT2D eigenvalue weighted by Gasteiger charge is -2.25. The number of ether oxygens (including phenoxy) is 2. The summed E-state index contributed by atoms with van der Waals surface area (Å²) in [6, 6.07) is 12.7. The molecule has 3 aromatic heterocycles. The molecule has 9 heteroatoms. The Bertz CT molecular complexity index is 1430. The van der Waals surface area contributed by atoms with E-state index in [2.05, 4.69) is 79.6 Å². The lowest BCUT2D eigenvalue weighted by atomic mass is 10.1. The molecule has 4 aromatic rings. The first kappa shape index (κ1) is 24.8. The monoisotopic (exact) mass is 513 g/mol. The molecule has 1 aromatic carbocycles. The molecule has 2 aliphatic rings. The molecule has 2 aliphatic heterocycles. The highest BCUT2D eigenvalue weighted by Crippen LogP contribution is 2.30. The van der Waals surface area contributed by atoms with Crippen LogP contribution >= 0.6 is 0 Å². The van der Waals surface area contributed by atoms with Crippen molar-refractivity contribution in [1.29, 1.82) is 0 Å². The quantitative estimate of drug-likeness (QED) is 0.384. The van der Waals surface area contributed by atoms with Gasteiger partial charge in [-0.15, -0.1) is 0 Å². The molecule has 5 heterocycles. The van der Waals surface area contributed by atoms with Gasteiger partial charge in [0.2, 0.25) is 5.78 Å². The van der Waals surface area contributed by atoms with Crippen LogP contribution in [-0.4, -0.2) is 75.0 Å². The topological polar surface area (TPSA) is 80.9 Å². The number of morpholine rings is 1. The van der Waals surface area contributed by atoms with Crippen molar-refractivity contribution in [2.24, 2.45) is 0 Å². The van der Waals surface area contributed by atoms with Gasteiger partial charge in [-0.3, -0.25) is 9.30 Å². The van der Waals surface area contributed by atoms with Gasteiger partial charge in [0.15, 0.2) is 5.75 Å². The van der Waals surface area contributed by atoms with Crippen molar-refractivity contribution in [3.05, 3.63) is 64.9 Å².